The van der Waals surface area contributed by atoms with E-state index in [1.807, 2.05) is 54.6 Å². The van der Waals surface area contributed by atoms with E-state index in [0.29, 0.717) is 33.8 Å². The highest BCUT2D eigenvalue weighted by molar-refractivity contribution is 6.03. The number of hydrogen-bond acceptors (Lipinski definition) is 11. The number of benzene rings is 4. The lowest BCUT2D eigenvalue weighted by Gasteiger charge is -2.42. The summed E-state index contributed by atoms with van der Waals surface area (Å²) in [7, 11) is 3.11. The number of anilines is 1. The van der Waals surface area contributed by atoms with Gasteiger partial charge in [0.15, 0.2) is 12.5 Å². The van der Waals surface area contributed by atoms with Gasteiger partial charge in [0.05, 0.1) is 26.9 Å². The molecule has 4 aromatic carbocycles. The van der Waals surface area contributed by atoms with E-state index in [-0.39, 0.29) is 19.0 Å². The summed E-state index contributed by atoms with van der Waals surface area (Å²) in [6, 6.07) is 32.3. The van der Waals surface area contributed by atoms with Crippen molar-refractivity contribution in [2.24, 2.45) is 0 Å². The molecule has 4 atom stereocenters. The molecule has 2 aliphatic rings. The van der Waals surface area contributed by atoms with Gasteiger partial charge in [-0.3, -0.25) is 24.9 Å². The maximum absolute atomic E-state index is 13.7. The van der Waals surface area contributed by atoms with Crippen molar-refractivity contribution in [3.63, 3.8) is 0 Å². The van der Waals surface area contributed by atoms with Crippen molar-refractivity contribution in [2.75, 3.05) is 32.7 Å². The number of aliphatic hydroxyl groups excluding tert-OH is 1. The number of rotatable bonds is 14. The number of carboxylic acid groups (broad SMARTS) is 2. The van der Waals surface area contributed by atoms with E-state index >= 15 is 0 Å². The number of amides is 3. The highest BCUT2D eigenvalue weighted by Crippen LogP contribution is 2.49. The topological polar surface area (TPSA) is 223 Å². The molecule has 2 bridgehead atoms. The number of fused-ring (bicyclic) bond motifs is 2. The smallest absolute Gasteiger partial charge is 0.407 e. The number of ether oxygens (including phenoxy) is 4. The van der Waals surface area contributed by atoms with Gasteiger partial charge in [0.1, 0.15) is 34.6 Å². The first-order valence-electron chi connectivity index (χ1n) is 18.0. The minimum atomic E-state index is -1.70. The van der Waals surface area contributed by atoms with Gasteiger partial charge in [-0.25, -0.2) is 14.4 Å². The van der Waals surface area contributed by atoms with Gasteiger partial charge in [0.2, 0.25) is 0 Å². The highest BCUT2D eigenvalue weighted by Gasteiger charge is 2.66. The fourth-order valence-corrected chi connectivity index (χ4v) is 7.58. The molecule has 6 N–H and O–H groups in total. The third-order valence-electron chi connectivity index (χ3n) is 10.3. The van der Waals surface area contributed by atoms with E-state index in [2.05, 4.69) is 20.9 Å². The van der Waals surface area contributed by atoms with Crippen LogP contribution in [0.15, 0.2) is 126 Å². The first-order valence-corrected chi connectivity index (χ1v) is 18.0. The van der Waals surface area contributed by atoms with Gasteiger partial charge in [-0.15, -0.1) is 0 Å². The quantitative estimate of drug-likeness (QED) is 0.0699. The molecule has 1 aromatic heterocycles. The Morgan fingerprint density at radius 3 is 1.88 bits per heavy atom. The number of aromatic nitrogens is 2. The number of morpholine rings is 1. The van der Waals surface area contributed by atoms with Crippen molar-refractivity contribution in [3.05, 3.63) is 154 Å². The SMILES string of the molecule is COc1ccc(C(OC[C@@]23CN(C(NC(=O)O)NC(=O)O)[C@@H]([C@H](n4ccc(NC(=O)c5ccccc5)nc4=O)O2)[C@@H]3O)(c2ccccc2)c2ccc(OC)cc2)cc1. The van der Waals surface area contributed by atoms with Gasteiger partial charge in [-0.1, -0.05) is 72.8 Å². The van der Waals surface area contributed by atoms with E-state index in [9.17, 15) is 34.5 Å². The summed E-state index contributed by atoms with van der Waals surface area (Å²) in [5, 5.41) is 38.5. The summed E-state index contributed by atoms with van der Waals surface area (Å²) in [4.78, 5) is 55.8. The Bertz CT molecular complexity index is 2250. The number of hydrogen-bond donors (Lipinski definition) is 6. The van der Waals surface area contributed by atoms with Crippen LogP contribution < -0.4 is 31.1 Å². The van der Waals surface area contributed by atoms with Crippen molar-refractivity contribution in [3.8, 4) is 11.5 Å². The van der Waals surface area contributed by atoms with Gasteiger partial charge in [-0.2, -0.15) is 4.98 Å². The van der Waals surface area contributed by atoms with Crippen LogP contribution in [0.3, 0.4) is 0 Å². The largest absolute Gasteiger partial charge is 0.497 e. The minimum Gasteiger partial charge on any atom is -0.497 e. The second-order valence-electron chi connectivity index (χ2n) is 13.6. The first kappa shape index (κ1) is 39.4. The van der Waals surface area contributed by atoms with Crippen molar-refractivity contribution in [2.45, 2.75) is 35.9 Å². The van der Waals surface area contributed by atoms with Gasteiger partial charge in [0, 0.05) is 18.3 Å². The molecule has 7 rings (SSSR count). The molecule has 17 heteroatoms. The summed E-state index contributed by atoms with van der Waals surface area (Å²) < 4.78 is 25.7. The third-order valence-corrected chi connectivity index (χ3v) is 10.3. The van der Waals surface area contributed by atoms with Crippen LogP contribution >= 0.6 is 0 Å². The van der Waals surface area contributed by atoms with Crippen LogP contribution in [-0.4, -0.2) is 99.3 Å². The molecule has 0 spiro atoms. The van der Waals surface area contributed by atoms with Gasteiger partial charge in [0.25, 0.3) is 5.91 Å². The van der Waals surface area contributed by atoms with Crippen molar-refractivity contribution < 1.29 is 48.7 Å². The zero-order chi connectivity index (χ0) is 41.0. The van der Waals surface area contributed by atoms with Crippen molar-refractivity contribution in [1.82, 2.24) is 25.1 Å². The third kappa shape index (κ3) is 7.53. The van der Waals surface area contributed by atoms with Crippen LogP contribution in [0.25, 0.3) is 0 Å². The second-order valence-corrected chi connectivity index (χ2v) is 13.6. The average Bonchev–Trinajstić information content (AvgIpc) is 3.67. The summed E-state index contributed by atoms with van der Waals surface area (Å²) in [6.45, 7) is -0.630. The monoisotopic (exact) mass is 792 g/mol. The molecule has 3 amide bonds. The van der Waals surface area contributed by atoms with Crippen molar-refractivity contribution in [1.29, 1.82) is 0 Å². The molecule has 0 aliphatic carbocycles. The molecular formula is C41H40N6O11. The van der Waals surface area contributed by atoms with Crippen LogP contribution in [0.2, 0.25) is 0 Å². The molecule has 17 nitrogen and oxygen atoms in total. The Kier molecular flexibility index (Phi) is 11.1. The molecule has 300 valence electrons. The lowest BCUT2D eigenvalue weighted by molar-refractivity contribution is -0.184. The van der Waals surface area contributed by atoms with Crippen LogP contribution in [0.5, 0.6) is 11.5 Å². The van der Waals surface area contributed by atoms with Crippen LogP contribution in [0.4, 0.5) is 15.4 Å². The molecule has 58 heavy (non-hydrogen) atoms. The lowest BCUT2D eigenvalue weighted by Crippen LogP contribution is -2.63. The van der Waals surface area contributed by atoms with E-state index in [0.717, 1.165) is 4.57 Å². The Hall–Kier alpha value is -6.79. The Morgan fingerprint density at radius 1 is 0.828 bits per heavy atom. The molecule has 2 aliphatic heterocycles. The minimum absolute atomic E-state index is 0.0571. The lowest BCUT2D eigenvalue weighted by atomic mass is 9.79. The molecule has 2 saturated heterocycles. The van der Waals surface area contributed by atoms with Crippen LogP contribution in [-0.2, 0) is 15.1 Å². The molecule has 0 saturated carbocycles. The molecule has 0 unspecified atom stereocenters. The Morgan fingerprint density at radius 2 is 1.36 bits per heavy atom. The molecule has 0 radical (unpaired) electrons. The van der Waals surface area contributed by atoms with E-state index in [1.54, 1.807) is 68.8 Å². The Balaban J connectivity index is 1.31. The Labute approximate surface area is 331 Å². The maximum atomic E-state index is 13.7. The molecule has 2 fully saturated rings. The number of carbonyl (C=O) groups is 3. The number of nitrogens with zero attached hydrogens (tertiary/aromatic N) is 3. The number of methoxy groups -OCH3 is 2. The number of carbonyl (C=O) groups excluding carboxylic acids is 1. The predicted octanol–water partition coefficient (Wildman–Crippen LogP) is 3.65. The highest BCUT2D eigenvalue weighted by atomic mass is 16.6. The zero-order valence-corrected chi connectivity index (χ0v) is 31.2. The average molecular weight is 793 g/mol. The fraction of sp³-hybridized carbons (Fsp3) is 0.244. The normalized spacial score (nSPS) is 20.0. The molecule has 3 heterocycles. The zero-order valence-electron chi connectivity index (χ0n) is 31.2. The summed E-state index contributed by atoms with van der Waals surface area (Å²) in [5.74, 6) is 0.631. The predicted molar refractivity (Wildman–Crippen MR) is 207 cm³/mol. The fourth-order valence-electron chi connectivity index (χ4n) is 7.58. The standard InChI is InChI=1S/C41H40N6O11/c1-55-29-17-13-27(14-18-29)41(26-11-7-4-8-12-26,28-15-19-30(56-2)20-16-28)57-24-40-23-47(36(44-38(51)52)45-39(53)54)32(33(40)48)35(58-40)46-22-21-31(43-37(46)50)42-34(49)25-9-5-3-6-10-25/h3-22,32-33,35-36,44-45,48H,23-24H2,1-2H3,(H,51,52)(H,53,54)(H,42,43,49,50)/t32-,33+,35-,40-/m1/s1. The number of nitrogens with one attached hydrogen (secondary N) is 3. The van der Waals surface area contributed by atoms with Crippen LogP contribution in [0, 0.1) is 0 Å². The van der Waals surface area contributed by atoms with Gasteiger partial charge in [-0.05, 0) is 59.2 Å². The molecule has 5 aromatic rings. The maximum Gasteiger partial charge on any atom is 0.407 e. The van der Waals surface area contributed by atoms with Crippen LogP contribution in [0.1, 0.15) is 33.3 Å². The van der Waals surface area contributed by atoms with Gasteiger partial charge < -0.3 is 39.6 Å². The van der Waals surface area contributed by atoms with Crippen molar-refractivity contribution >= 4 is 23.9 Å². The summed E-state index contributed by atoms with van der Waals surface area (Å²) in [6.07, 6.45) is -6.24. The molecular weight excluding hydrogens is 752 g/mol. The summed E-state index contributed by atoms with van der Waals surface area (Å²) >= 11 is 0. The number of aliphatic hydroxyl groups is 1. The van der Waals surface area contributed by atoms with E-state index in [1.165, 1.54) is 17.2 Å². The van der Waals surface area contributed by atoms with E-state index < -0.39 is 59.6 Å². The number of likely N-dealkylation sites (tertiary alicyclic amines) is 1. The van der Waals surface area contributed by atoms with Gasteiger partial charge >= 0.3 is 17.9 Å². The first-order chi connectivity index (χ1) is 28.0. The second kappa shape index (κ2) is 16.4. The summed E-state index contributed by atoms with van der Waals surface area (Å²) in [5.41, 5.74) is -1.59. The van der Waals surface area contributed by atoms with E-state index in [4.69, 9.17) is 18.9 Å².